The van der Waals surface area contributed by atoms with E-state index >= 15 is 0 Å². The Balaban J connectivity index is 0.000000351. The molecule has 6 heteroatoms. The highest BCUT2D eigenvalue weighted by Gasteiger charge is 2.46. The lowest BCUT2D eigenvalue weighted by Gasteiger charge is -2.36. The van der Waals surface area contributed by atoms with Crippen molar-refractivity contribution in [2.24, 2.45) is 11.8 Å². The van der Waals surface area contributed by atoms with E-state index in [1.165, 1.54) is 56.1 Å². The normalized spacial score (nSPS) is 19.4. The van der Waals surface area contributed by atoms with Gasteiger partial charge in [0.05, 0.1) is 18.1 Å². The van der Waals surface area contributed by atoms with Crippen LogP contribution in [-0.4, -0.2) is 24.4 Å². The standard InChI is InChI=1S/C37H48O3.C12H10S3.C2H2/c1-7-10-12-35-28(6)34(9-3)36(13-11-8-2)37(35,30-14-18-32(19-15-30)39-24-27(5)38)31-16-20-33(21-17-31)40-25-29-22-26(4)23-29;13-9-1-5-11(6-2-9)15-12-7-3-10(14)4-8-12;1-2/h10-21,26-27,29,38H,7-9,22-25H2,1-6H3;1-8,13-14H;1-2H/b12-10-,13-11-;;. The van der Waals surface area contributed by atoms with E-state index in [4.69, 9.17) is 9.47 Å². The maximum absolute atomic E-state index is 9.71. The van der Waals surface area contributed by atoms with Crippen molar-refractivity contribution in [1.82, 2.24) is 0 Å². The SMILES string of the molecule is C#C.CC/C=C\C1=C(C)C(CC)=C(/C=C\CC)C1(c1ccc(OCC(C)O)cc1)c1ccc(OCC2CC(C)C2)cc1.Sc1ccc(Sc2ccc(S)cc2)cc1. The zero-order chi connectivity index (χ0) is 41.4. The minimum Gasteiger partial charge on any atom is -0.493 e. The lowest BCUT2D eigenvalue weighted by Crippen LogP contribution is -2.30. The highest BCUT2D eigenvalue weighted by atomic mass is 32.2. The molecule has 2 aliphatic rings. The molecule has 6 rings (SSSR count). The molecule has 0 saturated heterocycles. The predicted molar refractivity (Wildman–Crippen MR) is 249 cm³/mol. The third-order valence-electron chi connectivity index (χ3n) is 10.3. The minimum atomic E-state index is -0.508. The molecule has 1 fully saturated rings. The zero-order valence-electron chi connectivity index (χ0n) is 34.4. The van der Waals surface area contributed by atoms with E-state index in [2.05, 4.69) is 158 Å². The van der Waals surface area contributed by atoms with Gasteiger partial charge in [0, 0.05) is 19.6 Å². The maximum Gasteiger partial charge on any atom is 0.119 e. The molecule has 0 heterocycles. The molecule has 2 unspecified atom stereocenters. The van der Waals surface area contributed by atoms with Crippen molar-refractivity contribution in [3.05, 3.63) is 155 Å². The summed E-state index contributed by atoms with van der Waals surface area (Å²) in [6.45, 7) is 14.1. The molecule has 0 aliphatic heterocycles. The molecule has 0 aromatic heterocycles. The Morgan fingerprint density at radius 1 is 0.737 bits per heavy atom. The fourth-order valence-corrected chi connectivity index (χ4v) is 8.73. The number of ether oxygens (including phenoxy) is 2. The van der Waals surface area contributed by atoms with E-state index in [-0.39, 0.29) is 6.61 Å². The Bertz CT molecular complexity index is 1940. The van der Waals surface area contributed by atoms with Gasteiger partial charge in [0.25, 0.3) is 0 Å². The lowest BCUT2D eigenvalue weighted by atomic mass is 9.65. The van der Waals surface area contributed by atoms with Gasteiger partial charge in [-0.3, -0.25) is 0 Å². The molecule has 1 N–H and O–H groups in total. The van der Waals surface area contributed by atoms with Crippen LogP contribution in [-0.2, 0) is 5.41 Å². The minimum absolute atomic E-state index is 0.277. The van der Waals surface area contributed by atoms with Gasteiger partial charge in [0.15, 0.2) is 0 Å². The average Bonchev–Trinajstić information content (AvgIpc) is 3.46. The van der Waals surface area contributed by atoms with Gasteiger partial charge in [-0.05, 0) is 164 Å². The Hall–Kier alpha value is -3.99. The van der Waals surface area contributed by atoms with Crippen LogP contribution in [0.2, 0.25) is 0 Å². The Morgan fingerprint density at radius 3 is 1.61 bits per heavy atom. The van der Waals surface area contributed by atoms with E-state index < -0.39 is 11.5 Å². The van der Waals surface area contributed by atoms with Crippen LogP contribution in [0.15, 0.2) is 163 Å². The number of thiol groups is 2. The van der Waals surface area contributed by atoms with Crippen molar-refractivity contribution >= 4 is 37.0 Å². The van der Waals surface area contributed by atoms with Crippen LogP contribution in [0.25, 0.3) is 0 Å². The fraction of sp³-hybridized carbons (Fsp3) is 0.333. The van der Waals surface area contributed by atoms with Crippen LogP contribution < -0.4 is 9.47 Å². The van der Waals surface area contributed by atoms with Gasteiger partial charge in [-0.2, -0.15) is 0 Å². The van der Waals surface area contributed by atoms with Crippen molar-refractivity contribution in [3.8, 4) is 24.3 Å². The molecular weight excluding hydrogens is 757 g/mol. The summed E-state index contributed by atoms with van der Waals surface area (Å²) in [5.74, 6) is 3.22. The summed E-state index contributed by atoms with van der Waals surface area (Å²) in [6, 6.07) is 33.6. The molecular formula is C51H60O3S3. The van der Waals surface area contributed by atoms with Gasteiger partial charge in [-0.15, -0.1) is 38.1 Å². The Kier molecular flexibility index (Phi) is 18.3. The number of hydrogen-bond acceptors (Lipinski definition) is 6. The van der Waals surface area contributed by atoms with Crippen LogP contribution in [0.4, 0.5) is 0 Å². The monoisotopic (exact) mass is 816 g/mol. The third-order valence-corrected chi connectivity index (χ3v) is 11.9. The second kappa shape index (κ2) is 22.8. The first kappa shape index (κ1) is 45.7. The first-order chi connectivity index (χ1) is 27.6. The van der Waals surface area contributed by atoms with E-state index in [0.717, 1.165) is 53.1 Å². The molecule has 1 saturated carbocycles. The first-order valence-electron chi connectivity index (χ1n) is 20.1. The molecule has 2 aliphatic carbocycles. The number of allylic oxidation sites excluding steroid dienone is 8. The second-order valence-electron chi connectivity index (χ2n) is 14.7. The largest absolute Gasteiger partial charge is 0.493 e. The molecule has 0 spiro atoms. The highest BCUT2D eigenvalue weighted by molar-refractivity contribution is 7.99. The molecule has 4 aromatic rings. The quantitative estimate of drug-likeness (QED) is 0.0825. The molecule has 300 valence electrons. The van der Waals surface area contributed by atoms with Crippen LogP contribution in [0.3, 0.4) is 0 Å². The molecule has 3 nitrogen and oxygen atoms in total. The van der Waals surface area contributed by atoms with Gasteiger partial charge in [-0.1, -0.05) is 88.0 Å². The number of aliphatic hydroxyl groups is 1. The zero-order valence-corrected chi connectivity index (χ0v) is 37.1. The van der Waals surface area contributed by atoms with Crippen LogP contribution in [0.5, 0.6) is 11.5 Å². The molecule has 0 amide bonds. The predicted octanol–water partition coefficient (Wildman–Crippen LogP) is 13.8. The van der Waals surface area contributed by atoms with E-state index in [1.807, 2.05) is 36.4 Å². The van der Waals surface area contributed by atoms with Crippen molar-refractivity contribution in [2.45, 2.75) is 105 Å². The summed E-state index contributed by atoms with van der Waals surface area (Å²) in [5, 5.41) is 9.71. The van der Waals surface area contributed by atoms with E-state index in [1.54, 1.807) is 18.7 Å². The van der Waals surface area contributed by atoms with Crippen molar-refractivity contribution in [1.29, 1.82) is 0 Å². The number of terminal acetylenes is 1. The summed E-state index contributed by atoms with van der Waals surface area (Å²) in [5.41, 5.74) is 7.45. The van der Waals surface area contributed by atoms with E-state index in [0.29, 0.717) is 5.92 Å². The van der Waals surface area contributed by atoms with Crippen molar-refractivity contribution < 1.29 is 14.6 Å². The third kappa shape index (κ3) is 12.0. The van der Waals surface area contributed by atoms with E-state index in [9.17, 15) is 5.11 Å². The summed E-state index contributed by atoms with van der Waals surface area (Å²) >= 11 is 10.2. The topological polar surface area (TPSA) is 38.7 Å². The highest BCUT2D eigenvalue weighted by Crippen LogP contribution is 2.55. The second-order valence-corrected chi connectivity index (χ2v) is 16.9. The van der Waals surface area contributed by atoms with Crippen LogP contribution in [0, 0.1) is 24.7 Å². The smallest absolute Gasteiger partial charge is 0.119 e. The van der Waals surface area contributed by atoms with Gasteiger partial charge >= 0.3 is 0 Å². The Labute approximate surface area is 358 Å². The lowest BCUT2D eigenvalue weighted by molar-refractivity contribution is 0.122. The summed E-state index contributed by atoms with van der Waals surface area (Å²) in [6.07, 6.45) is 22.2. The number of hydrogen-bond donors (Lipinski definition) is 3. The summed E-state index contributed by atoms with van der Waals surface area (Å²) in [4.78, 5) is 4.43. The molecule has 57 heavy (non-hydrogen) atoms. The van der Waals surface area contributed by atoms with Crippen molar-refractivity contribution in [3.63, 3.8) is 0 Å². The summed E-state index contributed by atoms with van der Waals surface area (Å²) < 4.78 is 12.1. The number of aliphatic hydroxyl groups excluding tert-OH is 1. The van der Waals surface area contributed by atoms with Gasteiger partial charge in [0.2, 0.25) is 0 Å². The maximum atomic E-state index is 9.71. The van der Waals surface area contributed by atoms with Gasteiger partial charge in [0.1, 0.15) is 18.1 Å². The Morgan fingerprint density at radius 2 is 1.19 bits per heavy atom. The molecule has 2 atom stereocenters. The van der Waals surface area contributed by atoms with Crippen LogP contribution in [0.1, 0.15) is 84.8 Å². The number of rotatable bonds is 15. The molecule has 0 bridgehead atoms. The summed E-state index contributed by atoms with van der Waals surface area (Å²) in [7, 11) is 0. The van der Waals surface area contributed by atoms with Gasteiger partial charge < -0.3 is 14.6 Å². The molecule has 4 aromatic carbocycles. The van der Waals surface area contributed by atoms with Crippen molar-refractivity contribution in [2.75, 3.05) is 13.2 Å². The number of benzene rings is 4. The first-order valence-corrected chi connectivity index (χ1v) is 21.8. The fourth-order valence-electron chi connectivity index (χ4n) is 7.61. The average molecular weight is 817 g/mol. The molecule has 0 radical (unpaired) electrons. The van der Waals surface area contributed by atoms with Gasteiger partial charge in [-0.25, -0.2) is 0 Å². The van der Waals surface area contributed by atoms with Crippen LogP contribution >= 0.6 is 37.0 Å².